The molecule has 5 heteroatoms. The van der Waals surface area contributed by atoms with Crippen molar-refractivity contribution in [3.63, 3.8) is 0 Å². The molecule has 0 radical (unpaired) electrons. The van der Waals surface area contributed by atoms with Crippen LogP contribution in [-0.4, -0.2) is 15.1 Å². The Labute approximate surface area is 91.1 Å². The molecule has 2 aromatic rings. The smallest absolute Gasteiger partial charge is 0.321 e. The van der Waals surface area contributed by atoms with E-state index in [2.05, 4.69) is 9.97 Å². The Morgan fingerprint density at radius 3 is 2.27 bits per heavy atom. The summed E-state index contributed by atoms with van der Waals surface area (Å²) in [4.78, 5) is 7.74. The van der Waals surface area contributed by atoms with Crippen molar-refractivity contribution in [2.75, 3.05) is 0 Å². The van der Waals surface area contributed by atoms with E-state index >= 15 is 0 Å². The van der Waals surface area contributed by atoms with E-state index in [0.29, 0.717) is 10.8 Å². The third-order valence-corrected chi connectivity index (χ3v) is 1.84. The SMILES string of the molecule is Oc1ccc(Oc2ncc(Cl)cn2)cc1. The van der Waals surface area contributed by atoms with Crippen molar-refractivity contribution in [2.24, 2.45) is 0 Å². The normalized spacial score (nSPS) is 9.93. The van der Waals surface area contributed by atoms with Gasteiger partial charge in [-0.25, -0.2) is 9.97 Å². The Hall–Kier alpha value is -1.81. The highest BCUT2D eigenvalue weighted by Gasteiger charge is 1.99. The van der Waals surface area contributed by atoms with Crippen LogP contribution in [0.3, 0.4) is 0 Å². The molecule has 0 spiro atoms. The van der Waals surface area contributed by atoms with E-state index in [9.17, 15) is 0 Å². The van der Waals surface area contributed by atoms with Crippen LogP contribution in [0.15, 0.2) is 36.7 Å². The van der Waals surface area contributed by atoms with Crippen LogP contribution in [-0.2, 0) is 0 Å². The van der Waals surface area contributed by atoms with E-state index in [1.165, 1.54) is 24.5 Å². The number of hydrogen-bond donors (Lipinski definition) is 1. The van der Waals surface area contributed by atoms with E-state index in [4.69, 9.17) is 21.4 Å². The van der Waals surface area contributed by atoms with Gasteiger partial charge in [-0.3, -0.25) is 0 Å². The summed E-state index contributed by atoms with van der Waals surface area (Å²) < 4.78 is 5.30. The standard InChI is InChI=1S/C10H7ClN2O2/c11-7-5-12-10(13-6-7)15-9-3-1-8(14)2-4-9/h1-6,14H. The lowest BCUT2D eigenvalue weighted by Crippen LogP contribution is -1.90. The molecule has 0 bridgehead atoms. The minimum absolute atomic E-state index is 0.180. The Morgan fingerprint density at radius 1 is 1.07 bits per heavy atom. The van der Waals surface area contributed by atoms with Gasteiger partial charge in [-0.15, -0.1) is 0 Å². The minimum atomic E-state index is 0.180. The minimum Gasteiger partial charge on any atom is -0.508 e. The Balaban J connectivity index is 2.15. The molecule has 4 nitrogen and oxygen atoms in total. The molecular weight excluding hydrogens is 216 g/mol. The molecule has 76 valence electrons. The van der Waals surface area contributed by atoms with Gasteiger partial charge >= 0.3 is 6.01 Å². The van der Waals surface area contributed by atoms with Gasteiger partial charge in [0.05, 0.1) is 17.4 Å². The average molecular weight is 223 g/mol. The zero-order valence-electron chi connectivity index (χ0n) is 7.59. The van der Waals surface area contributed by atoms with Crippen LogP contribution in [0, 0.1) is 0 Å². The van der Waals surface area contributed by atoms with E-state index < -0.39 is 0 Å². The zero-order chi connectivity index (χ0) is 10.7. The van der Waals surface area contributed by atoms with Crippen LogP contribution >= 0.6 is 11.6 Å². The van der Waals surface area contributed by atoms with Crippen LogP contribution in [0.5, 0.6) is 17.5 Å². The number of rotatable bonds is 2. The van der Waals surface area contributed by atoms with Crippen molar-refractivity contribution in [1.82, 2.24) is 9.97 Å². The molecule has 0 aliphatic carbocycles. The number of phenols is 1. The molecule has 15 heavy (non-hydrogen) atoms. The molecule has 0 atom stereocenters. The second-order valence-corrected chi connectivity index (χ2v) is 3.22. The van der Waals surface area contributed by atoms with E-state index in [1.807, 2.05) is 0 Å². The van der Waals surface area contributed by atoms with Gasteiger partial charge in [0.15, 0.2) is 0 Å². The maximum atomic E-state index is 9.05. The average Bonchev–Trinajstić information content (AvgIpc) is 2.25. The maximum Gasteiger partial charge on any atom is 0.321 e. The number of halogens is 1. The van der Waals surface area contributed by atoms with E-state index in [1.54, 1.807) is 12.1 Å². The summed E-state index contributed by atoms with van der Waals surface area (Å²) in [7, 11) is 0. The van der Waals surface area contributed by atoms with Crippen LogP contribution < -0.4 is 4.74 Å². The lowest BCUT2D eigenvalue weighted by Gasteiger charge is -2.02. The summed E-state index contributed by atoms with van der Waals surface area (Å²) in [5, 5.41) is 9.51. The first kappa shape index (κ1) is 9.73. The van der Waals surface area contributed by atoms with Crippen LogP contribution in [0.2, 0.25) is 5.02 Å². The highest BCUT2D eigenvalue weighted by Crippen LogP contribution is 2.20. The number of aromatic nitrogens is 2. The number of nitrogens with zero attached hydrogens (tertiary/aromatic N) is 2. The van der Waals surface area contributed by atoms with Gasteiger partial charge < -0.3 is 9.84 Å². The van der Waals surface area contributed by atoms with Crippen LogP contribution in [0.25, 0.3) is 0 Å². The topological polar surface area (TPSA) is 55.2 Å². The second-order valence-electron chi connectivity index (χ2n) is 2.78. The summed E-state index contributed by atoms with van der Waals surface area (Å²) in [5.41, 5.74) is 0. The summed E-state index contributed by atoms with van der Waals surface area (Å²) in [6, 6.07) is 6.49. The Kier molecular flexibility index (Phi) is 2.69. The Bertz CT molecular complexity index is 398. The third kappa shape index (κ3) is 2.57. The molecule has 1 aromatic carbocycles. The Morgan fingerprint density at radius 2 is 1.67 bits per heavy atom. The first-order valence-electron chi connectivity index (χ1n) is 4.18. The van der Waals surface area contributed by atoms with Gasteiger partial charge in [0.25, 0.3) is 0 Å². The number of phenolic OH excluding ortho intramolecular Hbond substituents is 1. The summed E-state index contributed by atoms with van der Waals surface area (Å²) >= 11 is 5.62. The van der Waals surface area contributed by atoms with Crippen molar-refractivity contribution in [2.45, 2.75) is 0 Å². The highest BCUT2D eigenvalue weighted by atomic mass is 35.5. The molecule has 0 saturated carbocycles. The van der Waals surface area contributed by atoms with Crippen molar-refractivity contribution in [3.8, 4) is 17.5 Å². The van der Waals surface area contributed by atoms with Crippen molar-refractivity contribution in [1.29, 1.82) is 0 Å². The van der Waals surface area contributed by atoms with Gasteiger partial charge in [0, 0.05) is 0 Å². The highest BCUT2D eigenvalue weighted by molar-refractivity contribution is 6.30. The first-order chi connectivity index (χ1) is 7.24. The van der Waals surface area contributed by atoms with Crippen molar-refractivity contribution < 1.29 is 9.84 Å². The summed E-state index contributed by atoms with van der Waals surface area (Å²) in [6.07, 6.45) is 2.90. The van der Waals surface area contributed by atoms with Crippen molar-refractivity contribution in [3.05, 3.63) is 41.7 Å². The van der Waals surface area contributed by atoms with E-state index in [0.717, 1.165) is 0 Å². The fourth-order valence-corrected chi connectivity index (χ4v) is 1.07. The number of benzene rings is 1. The van der Waals surface area contributed by atoms with Gasteiger partial charge in [0.2, 0.25) is 0 Å². The lowest BCUT2D eigenvalue weighted by molar-refractivity contribution is 0.437. The van der Waals surface area contributed by atoms with Gasteiger partial charge in [-0.05, 0) is 24.3 Å². The predicted octanol–water partition coefficient (Wildman–Crippen LogP) is 2.63. The number of ether oxygens (including phenoxy) is 1. The predicted molar refractivity (Wildman–Crippen MR) is 55.2 cm³/mol. The molecule has 1 aromatic heterocycles. The van der Waals surface area contributed by atoms with Crippen LogP contribution in [0.4, 0.5) is 0 Å². The molecule has 0 saturated heterocycles. The molecule has 0 unspecified atom stereocenters. The molecular formula is C10H7ClN2O2. The molecule has 2 rings (SSSR count). The quantitative estimate of drug-likeness (QED) is 0.849. The summed E-state index contributed by atoms with van der Waals surface area (Å²) in [6.45, 7) is 0. The number of hydrogen-bond acceptors (Lipinski definition) is 4. The van der Waals surface area contributed by atoms with Gasteiger partial charge in [-0.2, -0.15) is 0 Å². The zero-order valence-corrected chi connectivity index (χ0v) is 8.35. The third-order valence-electron chi connectivity index (χ3n) is 1.64. The lowest BCUT2D eigenvalue weighted by atomic mass is 10.3. The molecule has 1 heterocycles. The molecule has 0 aliphatic heterocycles. The molecule has 1 N–H and O–H groups in total. The monoisotopic (exact) mass is 222 g/mol. The van der Waals surface area contributed by atoms with E-state index in [-0.39, 0.29) is 11.8 Å². The largest absolute Gasteiger partial charge is 0.508 e. The summed E-state index contributed by atoms with van der Waals surface area (Å²) in [5.74, 6) is 0.731. The fraction of sp³-hybridized carbons (Fsp3) is 0. The molecule has 0 fully saturated rings. The van der Waals surface area contributed by atoms with Crippen LogP contribution in [0.1, 0.15) is 0 Å². The molecule has 0 amide bonds. The first-order valence-corrected chi connectivity index (χ1v) is 4.56. The van der Waals surface area contributed by atoms with Gasteiger partial charge in [-0.1, -0.05) is 11.6 Å². The number of aromatic hydroxyl groups is 1. The van der Waals surface area contributed by atoms with Crippen molar-refractivity contribution >= 4 is 11.6 Å². The second kappa shape index (κ2) is 4.14. The maximum absolute atomic E-state index is 9.05. The fourth-order valence-electron chi connectivity index (χ4n) is 0.973. The molecule has 0 aliphatic rings. The van der Waals surface area contributed by atoms with Gasteiger partial charge in [0.1, 0.15) is 11.5 Å².